The third kappa shape index (κ3) is 4.07. The maximum absolute atomic E-state index is 5.71. The molecule has 1 heterocycles. The van der Waals surface area contributed by atoms with Gasteiger partial charge in [0.2, 0.25) is 0 Å². The van der Waals surface area contributed by atoms with Crippen LogP contribution in [0, 0.1) is 0 Å². The Kier molecular flexibility index (Phi) is 4.70. The molecule has 2 atom stereocenters. The molecule has 1 aliphatic rings. The van der Waals surface area contributed by atoms with Gasteiger partial charge in [-0.25, -0.2) is 0 Å². The zero-order chi connectivity index (χ0) is 9.68. The van der Waals surface area contributed by atoms with Crippen molar-refractivity contribution in [3.05, 3.63) is 0 Å². The lowest BCUT2D eigenvalue weighted by Gasteiger charge is -2.31. The predicted molar refractivity (Wildman–Crippen MR) is 54.7 cm³/mol. The molecule has 1 saturated heterocycles. The first-order valence-electron chi connectivity index (χ1n) is 5.23. The van der Waals surface area contributed by atoms with Gasteiger partial charge in [0.1, 0.15) is 0 Å². The summed E-state index contributed by atoms with van der Waals surface area (Å²) in [6.07, 6.45) is 3.55. The molecule has 0 amide bonds. The summed E-state index contributed by atoms with van der Waals surface area (Å²) in [5.41, 5.74) is 5.71. The summed E-state index contributed by atoms with van der Waals surface area (Å²) in [7, 11) is 2.17. The number of ether oxygens (including phenoxy) is 1. The Hall–Kier alpha value is -0.120. The molecule has 3 heteroatoms. The van der Waals surface area contributed by atoms with Crippen molar-refractivity contribution in [1.29, 1.82) is 0 Å². The van der Waals surface area contributed by atoms with E-state index in [-0.39, 0.29) is 0 Å². The zero-order valence-corrected chi connectivity index (χ0v) is 8.83. The predicted octanol–water partition coefficient (Wildman–Crippen LogP) is 0.834. The number of rotatable bonds is 4. The van der Waals surface area contributed by atoms with Crippen LogP contribution in [0.4, 0.5) is 0 Å². The van der Waals surface area contributed by atoms with Crippen LogP contribution in [0.2, 0.25) is 0 Å². The van der Waals surface area contributed by atoms with E-state index < -0.39 is 0 Å². The summed E-state index contributed by atoms with van der Waals surface area (Å²) >= 11 is 0. The van der Waals surface area contributed by atoms with Crippen LogP contribution in [-0.2, 0) is 4.74 Å². The lowest BCUT2D eigenvalue weighted by molar-refractivity contribution is 0.0269. The summed E-state index contributed by atoms with van der Waals surface area (Å²) in [4.78, 5) is 2.38. The van der Waals surface area contributed by atoms with Crippen molar-refractivity contribution in [3.8, 4) is 0 Å². The smallest absolute Gasteiger partial charge is 0.0621 e. The van der Waals surface area contributed by atoms with Gasteiger partial charge >= 0.3 is 0 Å². The third-order valence-corrected chi connectivity index (χ3v) is 2.70. The first-order valence-corrected chi connectivity index (χ1v) is 5.23. The van der Waals surface area contributed by atoms with Gasteiger partial charge in [0.05, 0.1) is 6.61 Å². The second kappa shape index (κ2) is 5.58. The molecule has 78 valence electrons. The number of likely N-dealkylation sites (N-methyl/N-ethyl adjacent to an activating group) is 1. The van der Waals surface area contributed by atoms with Gasteiger partial charge in [-0.05, 0) is 39.8 Å². The van der Waals surface area contributed by atoms with Crippen molar-refractivity contribution in [2.75, 3.05) is 26.8 Å². The van der Waals surface area contributed by atoms with Gasteiger partial charge in [-0.1, -0.05) is 0 Å². The second-order valence-electron chi connectivity index (χ2n) is 4.12. The van der Waals surface area contributed by atoms with Crippen LogP contribution in [-0.4, -0.2) is 43.8 Å². The largest absolute Gasteiger partial charge is 0.380 e. The van der Waals surface area contributed by atoms with E-state index in [1.54, 1.807) is 0 Å². The molecule has 0 radical (unpaired) electrons. The number of nitrogens with two attached hydrogens (primary N) is 1. The van der Waals surface area contributed by atoms with E-state index in [1.807, 2.05) is 0 Å². The van der Waals surface area contributed by atoms with Crippen molar-refractivity contribution in [1.82, 2.24) is 4.90 Å². The van der Waals surface area contributed by atoms with E-state index in [1.165, 1.54) is 12.8 Å². The highest BCUT2D eigenvalue weighted by Gasteiger charge is 2.17. The fraction of sp³-hybridized carbons (Fsp3) is 1.00. The van der Waals surface area contributed by atoms with Gasteiger partial charge in [0, 0.05) is 18.7 Å². The lowest BCUT2D eigenvalue weighted by atomic mass is 10.1. The topological polar surface area (TPSA) is 38.5 Å². The molecule has 2 N–H and O–H groups in total. The maximum atomic E-state index is 5.71. The first kappa shape index (κ1) is 11.0. The first-order chi connectivity index (χ1) is 6.20. The summed E-state index contributed by atoms with van der Waals surface area (Å²) in [5, 5.41) is 0. The Morgan fingerprint density at radius 1 is 1.62 bits per heavy atom. The average molecular weight is 186 g/mol. The zero-order valence-electron chi connectivity index (χ0n) is 8.83. The van der Waals surface area contributed by atoms with E-state index in [0.29, 0.717) is 12.1 Å². The number of hydrogen-bond acceptors (Lipinski definition) is 3. The minimum Gasteiger partial charge on any atom is -0.380 e. The van der Waals surface area contributed by atoms with Crippen molar-refractivity contribution >= 4 is 0 Å². The quantitative estimate of drug-likeness (QED) is 0.707. The van der Waals surface area contributed by atoms with Crippen LogP contribution in [0.1, 0.15) is 26.2 Å². The van der Waals surface area contributed by atoms with E-state index in [4.69, 9.17) is 10.5 Å². The van der Waals surface area contributed by atoms with Crippen molar-refractivity contribution in [3.63, 3.8) is 0 Å². The molecule has 13 heavy (non-hydrogen) atoms. The van der Waals surface area contributed by atoms with Crippen molar-refractivity contribution in [2.24, 2.45) is 5.73 Å². The van der Waals surface area contributed by atoms with Gasteiger partial charge < -0.3 is 15.4 Å². The Morgan fingerprint density at radius 2 is 2.38 bits per heavy atom. The molecule has 0 aromatic rings. The third-order valence-electron chi connectivity index (χ3n) is 2.70. The molecule has 0 spiro atoms. The fourth-order valence-corrected chi connectivity index (χ4v) is 1.66. The van der Waals surface area contributed by atoms with Crippen molar-refractivity contribution < 1.29 is 4.74 Å². The highest BCUT2D eigenvalue weighted by Crippen LogP contribution is 2.11. The highest BCUT2D eigenvalue weighted by molar-refractivity contribution is 4.72. The van der Waals surface area contributed by atoms with Crippen LogP contribution in [0.3, 0.4) is 0 Å². The summed E-state index contributed by atoms with van der Waals surface area (Å²) in [6, 6.07) is 0.930. The van der Waals surface area contributed by atoms with Crippen LogP contribution >= 0.6 is 0 Å². The van der Waals surface area contributed by atoms with Crippen LogP contribution < -0.4 is 5.73 Å². The molecule has 0 aromatic carbocycles. The normalized spacial score (nSPS) is 26.3. The summed E-state index contributed by atoms with van der Waals surface area (Å²) in [6.45, 7) is 4.99. The molecular formula is C10H22N2O. The Bertz CT molecular complexity index is 133. The minimum atomic E-state index is 0.312. The fourth-order valence-electron chi connectivity index (χ4n) is 1.66. The number of hydrogen-bond donors (Lipinski definition) is 1. The van der Waals surface area contributed by atoms with E-state index >= 15 is 0 Å². The molecule has 0 aliphatic carbocycles. The van der Waals surface area contributed by atoms with Crippen molar-refractivity contribution in [2.45, 2.75) is 38.3 Å². The molecule has 3 nitrogen and oxygen atoms in total. The molecule has 0 aromatic heterocycles. The number of nitrogens with zero attached hydrogens (tertiary/aromatic N) is 1. The molecule has 0 bridgehead atoms. The van der Waals surface area contributed by atoms with Gasteiger partial charge in [-0.15, -0.1) is 0 Å². The van der Waals surface area contributed by atoms with E-state index in [2.05, 4.69) is 18.9 Å². The van der Waals surface area contributed by atoms with Crippen LogP contribution in [0.25, 0.3) is 0 Å². The summed E-state index contributed by atoms with van der Waals surface area (Å²) < 4.78 is 5.44. The van der Waals surface area contributed by atoms with Crippen LogP contribution in [0.15, 0.2) is 0 Å². The second-order valence-corrected chi connectivity index (χ2v) is 4.12. The Balaban J connectivity index is 2.17. The highest BCUT2D eigenvalue weighted by atomic mass is 16.5. The average Bonchev–Trinajstić information content (AvgIpc) is 2.15. The molecule has 1 rings (SSSR count). The van der Waals surface area contributed by atoms with Gasteiger partial charge in [-0.2, -0.15) is 0 Å². The standard InChI is InChI=1S/C10H22N2O/c1-9(11)5-6-12(2)10-4-3-7-13-8-10/h9-10H,3-8,11H2,1-2H3. The van der Waals surface area contributed by atoms with Gasteiger partial charge in [-0.3, -0.25) is 0 Å². The maximum Gasteiger partial charge on any atom is 0.0621 e. The molecule has 1 aliphatic heterocycles. The van der Waals surface area contributed by atoms with Gasteiger partial charge in [0.15, 0.2) is 0 Å². The Labute approximate surface area is 81.2 Å². The van der Waals surface area contributed by atoms with Gasteiger partial charge in [0.25, 0.3) is 0 Å². The van der Waals surface area contributed by atoms with E-state index in [0.717, 1.165) is 26.2 Å². The molecule has 0 saturated carbocycles. The van der Waals surface area contributed by atoms with E-state index in [9.17, 15) is 0 Å². The SMILES string of the molecule is CC(N)CCN(C)C1CCCOC1. The molecule has 1 fully saturated rings. The minimum absolute atomic E-state index is 0.312. The molecule has 2 unspecified atom stereocenters. The lowest BCUT2D eigenvalue weighted by Crippen LogP contribution is -2.40. The molecular weight excluding hydrogens is 164 g/mol. The van der Waals surface area contributed by atoms with Crippen LogP contribution in [0.5, 0.6) is 0 Å². The monoisotopic (exact) mass is 186 g/mol. The summed E-state index contributed by atoms with van der Waals surface area (Å²) in [5.74, 6) is 0. The Morgan fingerprint density at radius 3 is 2.92 bits per heavy atom.